The van der Waals surface area contributed by atoms with Gasteiger partial charge in [0.25, 0.3) is 0 Å². The van der Waals surface area contributed by atoms with Crippen molar-refractivity contribution < 1.29 is 0 Å². The molecule has 4 saturated carbocycles. The third-order valence-corrected chi connectivity index (χ3v) is 6.25. The lowest BCUT2D eigenvalue weighted by Gasteiger charge is -2.56. The zero-order valence-corrected chi connectivity index (χ0v) is 12.7. The molecule has 2 heteroatoms. The Morgan fingerprint density at radius 3 is 2.25 bits per heavy atom. The number of aryl methyl sites for hydroxylation is 1. The van der Waals surface area contributed by atoms with Gasteiger partial charge in [-0.3, -0.25) is 4.98 Å². The Hall–Kier alpha value is -0.890. The molecular weight excluding hydrogens is 244 g/mol. The van der Waals surface area contributed by atoms with E-state index in [2.05, 4.69) is 36.5 Å². The van der Waals surface area contributed by atoms with Crippen LogP contribution in [0.15, 0.2) is 18.5 Å². The number of rotatable bonds is 3. The van der Waals surface area contributed by atoms with Crippen LogP contribution < -0.4 is 5.32 Å². The number of aromatic nitrogens is 1. The molecular formula is C18H26N2. The molecule has 0 aliphatic heterocycles. The van der Waals surface area contributed by atoms with Gasteiger partial charge in [0.2, 0.25) is 0 Å². The van der Waals surface area contributed by atoms with E-state index in [1.165, 1.54) is 43.2 Å². The van der Waals surface area contributed by atoms with Gasteiger partial charge in [0.15, 0.2) is 0 Å². The van der Waals surface area contributed by atoms with Gasteiger partial charge in [0.1, 0.15) is 0 Å². The largest absolute Gasteiger partial charge is 0.313 e. The fourth-order valence-electron chi connectivity index (χ4n) is 5.84. The third-order valence-electron chi connectivity index (χ3n) is 6.25. The zero-order valence-electron chi connectivity index (χ0n) is 12.7. The Kier molecular flexibility index (Phi) is 3.10. The van der Waals surface area contributed by atoms with E-state index < -0.39 is 0 Å². The average Bonchev–Trinajstić information content (AvgIpc) is 2.42. The van der Waals surface area contributed by atoms with E-state index in [1.807, 2.05) is 6.20 Å². The first-order valence-electron chi connectivity index (χ1n) is 8.33. The van der Waals surface area contributed by atoms with E-state index in [0.29, 0.717) is 6.04 Å². The molecule has 1 heterocycles. The van der Waals surface area contributed by atoms with E-state index in [1.54, 1.807) is 0 Å². The smallest absolute Gasteiger partial charge is 0.0366 e. The maximum atomic E-state index is 4.43. The van der Waals surface area contributed by atoms with Crippen molar-refractivity contribution in [2.24, 2.45) is 29.6 Å². The van der Waals surface area contributed by atoms with Gasteiger partial charge in [-0.05, 0) is 86.8 Å². The van der Waals surface area contributed by atoms with Gasteiger partial charge in [-0.1, -0.05) is 6.07 Å². The van der Waals surface area contributed by atoms with E-state index in [9.17, 15) is 0 Å². The minimum absolute atomic E-state index is 0.511. The van der Waals surface area contributed by atoms with Gasteiger partial charge in [0, 0.05) is 18.4 Å². The van der Waals surface area contributed by atoms with Crippen molar-refractivity contribution in [3.05, 3.63) is 29.6 Å². The fourth-order valence-corrected chi connectivity index (χ4v) is 5.84. The maximum absolute atomic E-state index is 4.43. The summed E-state index contributed by atoms with van der Waals surface area (Å²) in [6.07, 6.45) is 11.6. The quantitative estimate of drug-likeness (QED) is 0.905. The first-order valence-corrected chi connectivity index (χ1v) is 8.33. The van der Waals surface area contributed by atoms with Crippen LogP contribution in [0, 0.1) is 36.5 Å². The highest BCUT2D eigenvalue weighted by atomic mass is 14.9. The Labute approximate surface area is 122 Å². The predicted molar refractivity (Wildman–Crippen MR) is 81.3 cm³/mol. The Morgan fingerprint density at radius 1 is 1.05 bits per heavy atom. The van der Waals surface area contributed by atoms with E-state index in [0.717, 1.165) is 29.6 Å². The van der Waals surface area contributed by atoms with Crippen LogP contribution >= 0.6 is 0 Å². The van der Waals surface area contributed by atoms with Crippen LogP contribution in [0.25, 0.3) is 0 Å². The molecule has 4 aliphatic rings. The highest BCUT2D eigenvalue weighted by Gasteiger charge is 2.50. The number of pyridine rings is 1. The highest BCUT2D eigenvalue weighted by Crippen LogP contribution is 2.59. The lowest BCUT2D eigenvalue weighted by Crippen LogP contribution is -2.49. The van der Waals surface area contributed by atoms with Gasteiger partial charge in [-0.2, -0.15) is 0 Å². The minimum atomic E-state index is 0.511. The van der Waals surface area contributed by atoms with Crippen molar-refractivity contribution in [1.29, 1.82) is 0 Å². The summed E-state index contributed by atoms with van der Waals surface area (Å²) < 4.78 is 0. The van der Waals surface area contributed by atoms with Crippen LogP contribution in [0.3, 0.4) is 0 Å². The van der Waals surface area contributed by atoms with Gasteiger partial charge >= 0.3 is 0 Å². The Balaban J connectivity index is 1.65. The SMILES string of the molecule is CNC(c1cncc(C)c1)C1C2CC3CC(C2)CC1C3. The van der Waals surface area contributed by atoms with Crippen LogP contribution in [0.2, 0.25) is 0 Å². The first kappa shape index (κ1) is 12.8. The zero-order chi connectivity index (χ0) is 13.7. The standard InChI is InChI=1S/C18H26N2/c1-11-3-16(10-20-9-11)18(19-2)17-14-5-12-4-13(7-14)8-15(17)6-12/h3,9-10,12-15,17-19H,4-8H2,1-2H3. The second-order valence-electron chi connectivity index (χ2n) is 7.57. The van der Waals surface area contributed by atoms with E-state index in [4.69, 9.17) is 0 Å². The summed E-state index contributed by atoms with van der Waals surface area (Å²) in [5.74, 6) is 4.88. The number of nitrogens with zero attached hydrogens (tertiary/aromatic N) is 1. The molecule has 4 bridgehead atoms. The normalized spacial score (nSPS) is 40.0. The molecule has 0 amide bonds. The summed E-state index contributed by atoms with van der Waals surface area (Å²) in [5, 5.41) is 3.63. The average molecular weight is 270 g/mol. The lowest BCUT2D eigenvalue weighted by atomic mass is 9.50. The molecule has 5 rings (SSSR count). The molecule has 4 fully saturated rings. The highest BCUT2D eigenvalue weighted by molar-refractivity contribution is 5.22. The van der Waals surface area contributed by atoms with Crippen LogP contribution in [0.5, 0.6) is 0 Å². The van der Waals surface area contributed by atoms with Gasteiger partial charge < -0.3 is 5.32 Å². The Bertz CT molecular complexity index is 468. The molecule has 1 N–H and O–H groups in total. The molecule has 20 heavy (non-hydrogen) atoms. The molecule has 1 unspecified atom stereocenters. The van der Waals surface area contributed by atoms with Gasteiger partial charge in [-0.15, -0.1) is 0 Å². The molecule has 0 saturated heterocycles. The summed E-state index contributed by atoms with van der Waals surface area (Å²) >= 11 is 0. The van der Waals surface area contributed by atoms with Gasteiger partial charge in [-0.25, -0.2) is 0 Å². The number of nitrogens with one attached hydrogen (secondary N) is 1. The number of hydrogen-bond acceptors (Lipinski definition) is 2. The van der Waals surface area contributed by atoms with Crippen molar-refractivity contribution in [3.8, 4) is 0 Å². The Morgan fingerprint density at radius 2 is 1.70 bits per heavy atom. The summed E-state index contributed by atoms with van der Waals surface area (Å²) in [4.78, 5) is 4.43. The molecule has 2 nitrogen and oxygen atoms in total. The third kappa shape index (κ3) is 2.00. The van der Waals surface area contributed by atoms with Crippen LogP contribution in [-0.2, 0) is 0 Å². The molecule has 108 valence electrons. The molecule has 4 aliphatic carbocycles. The van der Waals surface area contributed by atoms with Crippen molar-refractivity contribution in [2.45, 2.75) is 45.1 Å². The van der Waals surface area contributed by atoms with Gasteiger partial charge in [0.05, 0.1) is 0 Å². The lowest BCUT2D eigenvalue weighted by molar-refractivity contribution is -0.0515. The molecule has 1 aromatic rings. The topological polar surface area (TPSA) is 24.9 Å². The maximum Gasteiger partial charge on any atom is 0.0366 e. The monoisotopic (exact) mass is 270 g/mol. The fraction of sp³-hybridized carbons (Fsp3) is 0.722. The van der Waals surface area contributed by atoms with Crippen LogP contribution in [0.1, 0.15) is 49.3 Å². The van der Waals surface area contributed by atoms with Crippen LogP contribution in [-0.4, -0.2) is 12.0 Å². The second-order valence-corrected chi connectivity index (χ2v) is 7.57. The second kappa shape index (κ2) is 4.84. The van der Waals surface area contributed by atoms with Crippen molar-refractivity contribution in [3.63, 3.8) is 0 Å². The predicted octanol–water partition coefficient (Wildman–Crippen LogP) is 3.72. The summed E-state index contributed by atoms with van der Waals surface area (Å²) in [6.45, 7) is 2.15. The number of hydrogen-bond donors (Lipinski definition) is 1. The molecule has 0 aromatic carbocycles. The van der Waals surface area contributed by atoms with E-state index >= 15 is 0 Å². The molecule has 1 aromatic heterocycles. The summed E-state index contributed by atoms with van der Waals surface area (Å²) in [6, 6.07) is 2.84. The molecule has 0 radical (unpaired) electrons. The summed E-state index contributed by atoms with van der Waals surface area (Å²) in [5.41, 5.74) is 2.69. The van der Waals surface area contributed by atoms with Crippen LogP contribution in [0.4, 0.5) is 0 Å². The minimum Gasteiger partial charge on any atom is -0.313 e. The summed E-state index contributed by atoms with van der Waals surface area (Å²) in [7, 11) is 2.14. The van der Waals surface area contributed by atoms with Crippen molar-refractivity contribution in [1.82, 2.24) is 10.3 Å². The van der Waals surface area contributed by atoms with Crippen molar-refractivity contribution >= 4 is 0 Å². The first-order chi connectivity index (χ1) is 9.74. The van der Waals surface area contributed by atoms with Crippen molar-refractivity contribution in [2.75, 3.05) is 7.05 Å². The van der Waals surface area contributed by atoms with E-state index in [-0.39, 0.29) is 0 Å². The molecule has 1 atom stereocenters. The molecule has 0 spiro atoms.